The van der Waals surface area contributed by atoms with Gasteiger partial charge in [-0.05, 0) is 39.2 Å². The zero-order chi connectivity index (χ0) is 14.3. The fourth-order valence-electron chi connectivity index (χ4n) is 2.97. The molecule has 1 aliphatic rings. The van der Waals surface area contributed by atoms with Gasteiger partial charge in [0.15, 0.2) is 0 Å². The molecule has 0 radical (unpaired) electrons. The van der Waals surface area contributed by atoms with Crippen molar-refractivity contribution in [2.75, 3.05) is 13.1 Å². The Morgan fingerprint density at radius 3 is 2.47 bits per heavy atom. The Morgan fingerprint density at radius 2 is 1.95 bits per heavy atom. The van der Waals surface area contributed by atoms with E-state index in [9.17, 15) is 9.90 Å². The van der Waals surface area contributed by atoms with Gasteiger partial charge in [0.05, 0.1) is 6.10 Å². The molecule has 1 saturated carbocycles. The van der Waals surface area contributed by atoms with E-state index in [1.54, 1.807) is 0 Å². The van der Waals surface area contributed by atoms with Crippen molar-refractivity contribution in [3.05, 3.63) is 0 Å². The zero-order valence-corrected chi connectivity index (χ0v) is 12.3. The highest BCUT2D eigenvalue weighted by molar-refractivity contribution is 5.66. The van der Waals surface area contributed by atoms with Crippen molar-refractivity contribution in [2.45, 2.75) is 70.9 Å². The highest BCUT2D eigenvalue weighted by Crippen LogP contribution is 2.28. The molecule has 1 fully saturated rings. The van der Waals surface area contributed by atoms with Crippen LogP contribution in [0.1, 0.15) is 58.8 Å². The lowest BCUT2D eigenvalue weighted by atomic mass is 9.99. The van der Waals surface area contributed by atoms with Crippen LogP contribution >= 0.6 is 0 Å². The number of carbonyl (C=O) groups is 1. The first-order valence-electron chi connectivity index (χ1n) is 7.63. The second kappa shape index (κ2) is 8.54. The van der Waals surface area contributed by atoms with Crippen LogP contribution in [0, 0.1) is 5.92 Å². The predicted octanol–water partition coefficient (Wildman–Crippen LogP) is 2.50. The fourth-order valence-corrected chi connectivity index (χ4v) is 2.97. The SMILES string of the molecule is CC(C)N(CCCC(=O)O)CC(O)CC1CCCC1. The normalized spacial score (nSPS) is 18.4. The number of aliphatic carboxylic acids is 1. The number of aliphatic hydroxyl groups is 1. The summed E-state index contributed by atoms with van der Waals surface area (Å²) >= 11 is 0. The molecule has 0 saturated heterocycles. The molecule has 0 heterocycles. The van der Waals surface area contributed by atoms with E-state index in [0.29, 0.717) is 24.9 Å². The van der Waals surface area contributed by atoms with Crippen LogP contribution in [0.15, 0.2) is 0 Å². The molecule has 0 amide bonds. The standard InChI is InChI=1S/C15H29NO3/c1-12(2)16(9-5-8-15(18)19)11-14(17)10-13-6-3-4-7-13/h12-14,17H,3-11H2,1-2H3,(H,18,19). The first kappa shape index (κ1) is 16.4. The van der Waals surface area contributed by atoms with Gasteiger partial charge in [-0.1, -0.05) is 25.7 Å². The van der Waals surface area contributed by atoms with E-state index in [2.05, 4.69) is 18.7 Å². The number of hydrogen-bond donors (Lipinski definition) is 2. The van der Waals surface area contributed by atoms with Crippen LogP contribution in [0.25, 0.3) is 0 Å². The van der Waals surface area contributed by atoms with Crippen LogP contribution in [0.4, 0.5) is 0 Å². The number of carboxylic acid groups (broad SMARTS) is 1. The fraction of sp³-hybridized carbons (Fsp3) is 0.933. The van der Waals surface area contributed by atoms with Gasteiger partial charge in [0, 0.05) is 19.0 Å². The van der Waals surface area contributed by atoms with Crippen LogP contribution in [0.5, 0.6) is 0 Å². The Balaban J connectivity index is 2.28. The van der Waals surface area contributed by atoms with Crippen molar-refractivity contribution >= 4 is 5.97 Å². The number of hydrogen-bond acceptors (Lipinski definition) is 3. The first-order chi connectivity index (χ1) is 8.99. The maximum atomic E-state index is 10.5. The third kappa shape index (κ3) is 6.92. The molecule has 0 aromatic rings. The van der Waals surface area contributed by atoms with Crippen molar-refractivity contribution in [2.24, 2.45) is 5.92 Å². The van der Waals surface area contributed by atoms with Crippen molar-refractivity contribution < 1.29 is 15.0 Å². The molecule has 1 aliphatic carbocycles. The highest BCUT2D eigenvalue weighted by Gasteiger charge is 2.21. The summed E-state index contributed by atoms with van der Waals surface area (Å²) in [5, 5.41) is 18.8. The van der Waals surface area contributed by atoms with E-state index in [4.69, 9.17) is 5.11 Å². The molecule has 1 unspecified atom stereocenters. The number of aliphatic hydroxyl groups excluding tert-OH is 1. The van der Waals surface area contributed by atoms with E-state index in [1.807, 2.05) is 0 Å². The van der Waals surface area contributed by atoms with Gasteiger partial charge in [0.25, 0.3) is 0 Å². The topological polar surface area (TPSA) is 60.8 Å². The summed E-state index contributed by atoms with van der Waals surface area (Å²) in [6.45, 7) is 5.63. The van der Waals surface area contributed by atoms with Crippen LogP contribution in [0.2, 0.25) is 0 Å². The minimum atomic E-state index is -0.741. The maximum absolute atomic E-state index is 10.5. The number of nitrogens with zero attached hydrogens (tertiary/aromatic N) is 1. The van der Waals surface area contributed by atoms with E-state index in [0.717, 1.165) is 13.0 Å². The van der Waals surface area contributed by atoms with Crippen LogP contribution < -0.4 is 0 Å². The Bertz CT molecular complexity index is 262. The maximum Gasteiger partial charge on any atom is 0.303 e. The lowest BCUT2D eigenvalue weighted by molar-refractivity contribution is -0.137. The predicted molar refractivity (Wildman–Crippen MR) is 76.2 cm³/mol. The van der Waals surface area contributed by atoms with Crippen molar-refractivity contribution in [1.29, 1.82) is 0 Å². The molecule has 112 valence electrons. The molecular formula is C15H29NO3. The molecule has 1 rings (SSSR count). The van der Waals surface area contributed by atoms with E-state index >= 15 is 0 Å². The summed E-state index contributed by atoms with van der Waals surface area (Å²) in [5.74, 6) is -0.0433. The van der Waals surface area contributed by atoms with Crippen LogP contribution in [-0.2, 0) is 4.79 Å². The zero-order valence-electron chi connectivity index (χ0n) is 12.3. The van der Waals surface area contributed by atoms with Gasteiger partial charge in [0.2, 0.25) is 0 Å². The van der Waals surface area contributed by atoms with Gasteiger partial charge in [0.1, 0.15) is 0 Å². The van der Waals surface area contributed by atoms with E-state index in [-0.39, 0.29) is 12.5 Å². The molecule has 1 atom stereocenters. The Kier molecular flexibility index (Phi) is 7.39. The van der Waals surface area contributed by atoms with Gasteiger partial charge in [-0.2, -0.15) is 0 Å². The summed E-state index contributed by atoms with van der Waals surface area (Å²) in [7, 11) is 0. The van der Waals surface area contributed by atoms with Gasteiger partial charge < -0.3 is 10.2 Å². The van der Waals surface area contributed by atoms with Gasteiger partial charge >= 0.3 is 5.97 Å². The molecule has 2 N–H and O–H groups in total. The second-order valence-corrected chi connectivity index (χ2v) is 6.13. The summed E-state index contributed by atoms with van der Waals surface area (Å²) in [6, 6.07) is 0.354. The molecule has 0 spiro atoms. The molecule has 0 bridgehead atoms. The Hall–Kier alpha value is -0.610. The summed E-state index contributed by atoms with van der Waals surface area (Å²) in [5.41, 5.74) is 0. The van der Waals surface area contributed by atoms with Gasteiger partial charge in [-0.3, -0.25) is 9.69 Å². The molecule has 4 heteroatoms. The van der Waals surface area contributed by atoms with Crippen molar-refractivity contribution in [3.8, 4) is 0 Å². The third-order valence-corrected chi connectivity index (χ3v) is 4.09. The molecular weight excluding hydrogens is 242 g/mol. The Labute approximate surface area is 116 Å². The number of rotatable bonds is 9. The van der Waals surface area contributed by atoms with E-state index < -0.39 is 5.97 Å². The van der Waals surface area contributed by atoms with Crippen molar-refractivity contribution in [1.82, 2.24) is 4.90 Å². The van der Waals surface area contributed by atoms with Gasteiger partial charge in [-0.25, -0.2) is 0 Å². The lowest BCUT2D eigenvalue weighted by Crippen LogP contribution is -2.39. The lowest BCUT2D eigenvalue weighted by Gasteiger charge is -2.29. The Morgan fingerprint density at radius 1 is 1.32 bits per heavy atom. The molecule has 0 aliphatic heterocycles. The molecule has 19 heavy (non-hydrogen) atoms. The number of carboxylic acids is 1. The highest BCUT2D eigenvalue weighted by atomic mass is 16.4. The van der Waals surface area contributed by atoms with Crippen LogP contribution in [0.3, 0.4) is 0 Å². The quantitative estimate of drug-likeness (QED) is 0.676. The summed E-state index contributed by atoms with van der Waals surface area (Å²) in [6.07, 6.45) is 6.65. The van der Waals surface area contributed by atoms with Gasteiger partial charge in [-0.15, -0.1) is 0 Å². The smallest absolute Gasteiger partial charge is 0.303 e. The minimum Gasteiger partial charge on any atom is -0.481 e. The van der Waals surface area contributed by atoms with Crippen LogP contribution in [-0.4, -0.2) is 46.3 Å². The third-order valence-electron chi connectivity index (χ3n) is 4.09. The first-order valence-corrected chi connectivity index (χ1v) is 7.63. The largest absolute Gasteiger partial charge is 0.481 e. The molecule has 0 aromatic heterocycles. The monoisotopic (exact) mass is 271 g/mol. The second-order valence-electron chi connectivity index (χ2n) is 6.13. The van der Waals surface area contributed by atoms with Crippen molar-refractivity contribution in [3.63, 3.8) is 0 Å². The molecule has 0 aromatic carbocycles. The summed E-state index contributed by atoms with van der Waals surface area (Å²) < 4.78 is 0. The average molecular weight is 271 g/mol. The minimum absolute atomic E-state index is 0.210. The average Bonchev–Trinajstić information content (AvgIpc) is 2.79. The molecule has 4 nitrogen and oxygen atoms in total. The summed E-state index contributed by atoms with van der Waals surface area (Å²) in [4.78, 5) is 12.7. The van der Waals surface area contributed by atoms with E-state index in [1.165, 1.54) is 25.7 Å².